The summed E-state index contributed by atoms with van der Waals surface area (Å²) in [6.45, 7) is 3.95. The number of fused-ring (bicyclic) bond motifs is 1. The van der Waals surface area contributed by atoms with Crippen LogP contribution in [0.4, 0.5) is 5.69 Å². The molecule has 2 heterocycles. The second-order valence-corrected chi connectivity index (χ2v) is 6.12. The Kier molecular flexibility index (Phi) is 2.86. The summed E-state index contributed by atoms with van der Waals surface area (Å²) in [6.07, 6.45) is 2.96. The normalized spacial score (nSPS) is 20.3. The molecule has 0 aliphatic heterocycles. The minimum atomic E-state index is 0.438. The third kappa shape index (κ3) is 2.21. The Morgan fingerprint density at radius 3 is 2.73 bits per heavy atom. The number of aryl methyl sites for hydroxylation is 2. The Bertz CT molecular complexity index is 872. The fourth-order valence-corrected chi connectivity index (χ4v) is 3.03. The van der Waals surface area contributed by atoms with Crippen molar-refractivity contribution in [3.63, 3.8) is 0 Å². The average molecular weight is 290 g/mol. The van der Waals surface area contributed by atoms with E-state index >= 15 is 0 Å². The largest absolute Gasteiger partial charge is 0.397 e. The minimum absolute atomic E-state index is 0.438. The number of nitrogens with two attached hydrogens (primary N) is 1. The van der Waals surface area contributed by atoms with E-state index in [-0.39, 0.29) is 0 Å². The summed E-state index contributed by atoms with van der Waals surface area (Å²) in [6, 6.07) is 10.4. The number of hydrogen-bond donors (Lipinski definition) is 1. The molecule has 4 nitrogen and oxygen atoms in total. The van der Waals surface area contributed by atoms with Crippen LogP contribution in [0.25, 0.3) is 10.9 Å². The fourth-order valence-electron chi connectivity index (χ4n) is 3.03. The first-order chi connectivity index (χ1) is 10.6. The number of aromatic nitrogens is 3. The molecular weight excluding hydrogens is 272 g/mol. The Morgan fingerprint density at radius 1 is 1.05 bits per heavy atom. The first-order valence-corrected chi connectivity index (χ1v) is 7.58. The van der Waals surface area contributed by atoms with E-state index in [1.54, 1.807) is 0 Å². The molecule has 0 bridgehead atoms. The van der Waals surface area contributed by atoms with Crippen LogP contribution in [0.3, 0.4) is 0 Å². The van der Waals surface area contributed by atoms with Gasteiger partial charge in [-0.1, -0.05) is 6.07 Å². The van der Waals surface area contributed by atoms with Gasteiger partial charge in [0, 0.05) is 23.2 Å². The van der Waals surface area contributed by atoms with Gasteiger partial charge in [0.15, 0.2) is 0 Å². The molecule has 4 rings (SSSR count). The van der Waals surface area contributed by atoms with Crippen LogP contribution in [0, 0.1) is 13.8 Å². The third-order valence-corrected chi connectivity index (χ3v) is 4.43. The molecule has 22 heavy (non-hydrogen) atoms. The summed E-state index contributed by atoms with van der Waals surface area (Å²) >= 11 is 0. The zero-order valence-electron chi connectivity index (χ0n) is 12.7. The third-order valence-electron chi connectivity index (χ3n) is 4.43. The minimum Gasteiger partial charge on any atom is -0.397 e. The van der Waals surface area contributed by atoms with Crippen LogP contribution in [0.1, 0.15) is 41.0 Å². The standard InChI is InChI=1S/C18H18N4/c1-10-5-6-20-18(21-10)15-9-14(15)12-3-4-17-13(7-12)8-16(19)11(2)22-17/h3-8,14-15H,9,19H2,1-2H3/t14-,15+/m1/s1. The van der Waals surface area contributed by atoms with Gasteiger partial charge < -0.3 is 5.73 Å². The molecule has 0 unspecified atom stereocenters. The number of benzene rings is 1. The van der Waals surface area contributed by atoms with Gasteiger partial charge in [-0.15, -0.1) is 0 Å². The van der Waals surface area contributed by atoms with E-state index in [1.807, 2.05) is 32.2 Å². The Balaban J connectivity index is 1.67. The van der Waals surface area contributed by atoms with Crippen molar-refractivity contribution in [2.75, 3.05) is 5.73 Å². The number of anilines is 1. The molecule has 0 saturated heterocycles. The van der Waals surface area contributed by atoms with Gasteiger partial charge in [0.1, 0.15) is 5.82 Å². The van der Waals surface area contributed by atoms with Gasteiger partial charge in [-0.05, 0) is 56.0 Å². The van der Waals surface area contributed by atoms with Gasteiger partial charge in [-0.3, -0.25) is 4.98 Å². The smallest absolute Gasteiger partial charge is 0.132 e. The topological polar surface area (TPSA) is 64.7 Å². The number of rotatable bonds is 2. The second-order valence-electron chi connectivity index (χ2n) is 6.12. The van der Waals surface area contributed by atoms with Crippen LogP contribution in [-0.2, 0) is 0 Å². The van der Waals surface area contributed by atoms with Crippen molar-refractivity contribution in [3.05, 3.63) is 59.3 Å². The molecule has 4 heteroatoms. The summed E-state index contributed by atoms with van der Waals surface area (Å²) in [4.78, 5) is 13.5. The SMILES string of the molecule is Cc1ccnc([C@H]2C[C@@H]2c2ccc3nc(C)c(N)cc3c2)n1. The Morgan fingerprint density at radius 2 is 1.91 bits per heavy atom. The lowest BCUT2D eigenvalue weighted by Gasteiger charge is -2.06. The van der Waals surface area contributed by atoms with Crippen LogP contribution < -0.4 is 5.73 Å². The van der Waals surface area contributed by atoms with Crippen molar-refractivity contribution in [3.8, 4) is 0 Å². The van der Waals surface area contributed by atoms with E-state index in [0.717, 1.165) is 40.2 Å². The molecule has 1 fully saturated rings. The lowest BCUT2D eigenvalue weighted by atomic mass is 10.0. The molecule has 0 spiro atoms. The van der Waals surface area contributed by atoms with E-state index in [1.165, 1.54) is 5.56 Å². The first kappa shape index (κ1) is 13.2. The van der Waals surface area contributed by atoms with Crippen molar-refractivity contribution >= 4 is 16.6 Å². The molecule has 3 aromatic rings. The molecule has 2 atom stereocenters. The van der Waals surface area contributed by atoms with Crippen LogP contribution in [0.2, 0.25) is 0 Å². The molecule has 2 N–H and O–H groups in total. The van der Waals surface area contributed by atoms with E-state index in [4.69, 9.17) is 5.73 Å². The summed E-state index contributed by atoms with van der Waals surface area (Å²) < 4.78 is 0. The molecule has 0 radical (unpaired) electrons. The van der Waals surface area contributed by atoms with E-state index < -0.39 is 0 Å². The Labute approximate surface area is 129 Å². The number of nitrogens with zero attached hydrogens (tertiary/aromatic N) is 3. The molecule has 110 valence electrons. The number of hydrogen-bond acceptors (Lipinski definition) is 4. The maximum atomic E-state index is 5.98. The van der Waals surface area contributed by atoms with Crippen LogP contribution >= 0.6 is 0 Å². The van der Waals surface area contributed by atoms with Gasteiger partial charge in [-0.25, -0.2) is 9.97 Å². The zero-order valence-corrected chi connectivity index (χ0v) is 12.7. The zero-order chi connectivity index (χ0) is 15.3. The summed E-state index contributed by atoms with van der Waals surface area (Å²) in [5, 5.41) is 1.11. The molecule has 1 aromatic carbocycles. The lowest BCUT2D eigenvalue weighted by Crippen LogP contribution is -1.96. The average Bonchev–Trinajstić information content (AvgIpc) is 3.28. The molecule has 1 aliphatic rings. The maximum absolute atomic E-state index is 5.98. The predicted octanol–water partition coefficient (Wildman–Crippen LogP) is 3.49. The lowest BCUT2D eigenvalue weighted by molar-refractivity contribution is 0.878. The predicted molar refractivity (Wildman–Crippen MR) is 87.8 cm³/mol. The first-order valence-electron chi connectivity index (χ1n) is 7.58. The second kappa shape index (κ2) is 4.77. The van der Waals surface area contributed by atoms with Crippen LogP contribution in [0.5, 0.6) is 0 Å². The molecular formula is C18H18N4. The van der Waals surface area contributed by atoms with E-state index in [0.29, 0.717) is 11.8 Å². The highest BCUT2D eigenvalue weighted by Crippen LogP contribution is 2.53. The summed E-state index contributed by atoms with van der Waals surface area (Å²) in [5.74, 6) is 1.91. The summed E-state index contributed by atoms with van der Waals surface area (Å²) in [7, 11) is 0. The molecule has 1 aliphatic carbocycles. The monoisotopic (exact) mass is 290 g/mol. The Hall–Kier alpha value is -2.49. The van der Waals surface area contributed by atoms with Crippen LogP contribution in [0.15, 0.2) is 36.5 Å². The van der Waals surface area contributed by atoms with Gasteiger partial charge in [0.2, 0.25) is 0 Å². The van der Waals surface area contributed by atoms with Crippen molar-refractivity contribution < 1.29 is 0 Å². The molecule has 0 amide bonds. The maximum Gasteiger partial charge on any atom is 0.132 e. The van der Waals surface area contributed by atoms with Gasteiger partial charge in [0.25, 0.3) is 0 Å². The van der Waals surface area contributed by atoms with E-state index in [9.17, 15) is 0 Å². The molecule has 1 saturated carbocycles. The number of nitrogen functional groups attached to an aromatic ring is 1. The highest BCUT2D eigenvalue weighted by Gasteiger charge is 2.41. The molecule has 2 aromatic heterocycles. The van der Waals surface area contributed by atoms with Crippen LogP contribution in [-0.4, -0.2) is 15.0 Å². The van der Waals surface area contributed by atoms with Crippen molar-refractivity contribution in [2.24, 2.45) is 0 Å². The fraction of sp³-hybridized carbons (Fsp3) is 0.278. The number of pyridine rings is 1. The van der Waals surface area contributed by atoms with E-state index in [2.05, 4.69) is 33.2 Å². The van der Waals surface area contributed by atoms with Gasteiger partial charge in [-0.2, -0.15) is 0 Å². The highest BCUT2D eigenvalue weighted by atomic mass is 14.9. The highest BCUT2D eigenvalue weighted by molar-refractivity contribution is 5.83. The van der Waals surface area contributed by atoms with Gasteiger partial charge >= 0.3 is 0 Å². The van der Waals surface area contributed by atoms with Crippen molar-refractivity contribution in [1.82, 2.24) is 15.0 Å². The van der Waals surface area contributed by atoms with Gasteiger partial charge in [0.05, 0.1) is 16.9 Å². The van der Waals surface area contributed by atoms with Crippen molar-refractivity contribution in [2.45, 2.75) is 32.1 Å². The quantitative estimate of drug-likeness (QED) is 0.784. The summed E-state index contributed by atoms with van der Waals surface area (Å²) in [5.41, 5.74) is 11.0. The van der Waals surface area contributed by atoms with Crippen molar-refractivity contribution in [1.29, 1.82) is 0 Å².